The molecule has 0 radical (unpaired) electrons. The maximum Gasteiger partial charge on any atom is 0.316 e. The van der Waals surface area contributed by atoms with Crippen LogP contribution < -0.4 is 11.1 Å². The van der Waals surface area contributed by atoms with Gasteiger partial charge in [0.15, 0.2) is 0 Å². The molecule has 1 heterocycles. The number of carbonyl (C=O) groups excluding carboxylic acids is 2. The van der Waals surface area contributed by atoms with E-state index in [1.54, 1.807) is 24.3 Å². The van der Waals surface area contributed by atoms with Crippen molar-refractivity contribution in [2.45, 2.75) is 44.6 Å². The molecule has 22 heavy (non-hydrogen) atoms. The fourth-order valence-corrected chi connectivity index (χ4v) is 3.91. The lowest BCUT2D eigenvalue weighted by atomic mass is 9.95. The number of anilines is 1. The fraction of sp³-hybridized carbons (Fsp3) is 0.529. The Bertz CT molecular complexity index is 567. The third-order valence-electron chi connectivity index (χ3n) is 4.88. The van der Waals surface area contributed by atoms with Gasteiger partial charge in [0.25, 0.3) is 5.91 Å². The van der Waals surface area contributed by atoms with Gasteiger partial charge in [-0.25, -0.2) is 4.79 Å². The van der Waals surface area contributed by atoms with Crippen molar-refractivity contribution in [3.63, 3.8) is 0 Å². The summed E-state index contributed by atoms with van der Waals surface area (Å²) in [7, 11) is 0. The van der Waals surface area contributed by atoms with Crippen LogP contribution in [0.1, 0.15) is 48.9 Å². The van der Waals surface area contributed by atoms with E-state index in [0.717, 1.165) is 19.4 Å². The first kappa shape index (κ1) is 14.9. The molecule has 0 unspecified atom stereocenters. The third-order valence-corrected chi connectivity index (χ3v) is 4.88. The summed E-state index contributed by atoms with van der Waals surface area (Å²) in [5.74, 6) is 0.737. The fourth-order valence-electron chi connectivity index (χ4n) is 3.91. The molecule has 1 saturated heterocycles. The smallest absolute Gasteiger partial charge is 0.316 e. The average molecular weight is 301 g/mol. The summed E-state index contributed by atoms with van der Waals surface area (Å²) >= 11 is 0. The minimum atomic E-state index is -0.616. The zero-order valence-electron chi connectivity index (χ0n) is 12.8. The highest BCUT2D eigenvalue weighted by Crippen LogP contribution is 2.36. The number of nitrogens with zero attached hydrogens (tertiary/aromatic N) is 1. The molecule has 1 atom stereocenters. The molecule has 1 aromatic carbocycles. The van der Waals surface area contributed by atoms with Gasteiger partial charge in [-0.15, -0.1) is 0 Å². The summed E-state index contributed by atoms with van der Waals surface area (Å²) in [4.78, 5) is 25.8. The standard InChI is InChI=1S/C17H23N3O2/c18-17(22)19-14-8-3-7-13(11-14)16(21)20-10-4-9-15(20)12-5-1-2-6-12/h3,7-8,11-12,15H,1-2,4-6,9-10H2,(H3,18,19,22)/t15-/m0/s1. The molecular weight excluding hydrogens is 278 g/mol. The van der Waals surface area contributed by atoms with Crippen molar-refractivity contribution in [3.05, 3.63) is 29.8 Å². The van der Waals surface area contributed by atoms with E-state index in [-0.39, 0.29) is 5.91 Å². The monoisotopic (exact) mass is 301 g/mol. The molecule has 0 spiro atoms. The van der Waals surface area contributed by atoms with Crippen molar-refractivity contribution in [2.24, 2.45) is 11.7 Å². The van der Waals surface area contributed by atoms with Gasteiger partial charge in [-0.05, 0) is 49.8 Å². The molecule has 0 aromatic heterocycles. The number of hydrogen-bond donors (Lipinski definition) is 2. The molecule has 1 saturated carbocycles. The maximum atomic E-state index is 12.8. The van der Waals surface area contributed by atoms with E-state index in [4.69, 9.17) is 5.73 Å². The van der Waals surface area contributed by atoms with E-state index in [2.05, 4.69) is 5.32 Å². The maximum absolute atomic E-state index is 12.8. The van der Waals surface area contributed by atoms with Gasteiger partial charge < -0.3 is 16.0 Å². The Labute approximate surface area is 130 Å². The van der Waals surface area contributed by atoms with Crippen LogP contribution >= 0.6 is 0 Å². The van der Waals surface area contributed by atoms with Gasteiger partial charge in [-0.2, -0.15) is 0 Å². The van der Waals surface area contributed by atoms with Crippen molar-refractivity contribution >= 4 is 17.6 Å². The minimum Gasteiger partial charge on any atom is -0.351 e. The molecule has 2 aliphatic rings. The van der Waals surface area contributed by atoms with Crippen molar-refractivity contribution in [3.8, 4) is 0 Å². The number of rotatable bonds is 3. The molecular formula is C17H23N3O2. The van der Waals surface area contributed by atoms with Crippen LogP contribution in [0.2, 0.25) is 0 Å². The lowest BCUT2D eigenvalue weighted by Gasteiger charge is -2.29. The molecule has 1 aliphatic heterocycles. The molecule has 118 valence electrons. The highest BCUT2D eigenvalue weighted by atomic mass is 16.2. The predicted octanol–water partition coefficient (Wildman–Crippen LogP) is 2.97. The van der Waals surface area contributed by atoms with Crippen molar-refractivity contribution in [1.29, 1.82) is 0 Å². The molecule has 3 rings (SSSR count). The van der Waals surface area contributed by atoms with Crippen molar-refractivity contribution in [1.82, 2.24) is 4.90 Å². The molecule has 5 nitrogen and oxygen atoms in total. The Morgan fingerprint density at radius 2 is 1.91 bits per heavy atom. The first-order valence-corrected chi connectivity index (χ1v) is 8.12. The SMILES string of the molecule is NC(=O)Nc1cccc(C(=O)N2CCC[C@H]2C2CCCC2)c1. The quantitative estimate of drug-likeness (QED) is 0.900. The minimum absolute atomic E-state index is 0.0718. The molecule has 1 aromatic rings. The number of benzene rings is 1. The zero-order valence-corrected chi connectivity index (χ0v) is 12.8. The van der Waals surface area contributed by atoms with Crippen LogP contribution in [-0.4, -0.2) is 29.4 Å². The van der Waals surface area contributed by atoms with Gasteiger partial charge in [-0.3, -0.25) is 4.79 Å². The number of primary amides is 1. The number of amides is 3. The van der Waals surface area contributed by atoms with E-state index in [9.17, 15) is 9.59 Å². The summed E-state index contributed by atoms with van der Waals surface area (Å²) < 4.78 is 0. The van der Waals surface area contributed by atoms with Crippen LogP contribution in [0.5, 0.6) is 0 Å². The van der Waals surface area contributed by atoms with E-state index >= 15 is 0 Å². The van der Waals surface area contributed by atoms with Gasteiger partial charge >= 0.3 is 6.03 Å². The number of hydrogen-bond acceptors (Lipinski definition) is 2. The van der Waals surface area contributed by atoms with Gasteiger partial charge in [0.2, 0.25) is 0 Å². The van der Waals surface area contributed by atoms with Crippen LogP contribution in [0.3, 0.4) is 0 Å². The Morgan fingerprint density at radius 3 is 2.64 bits per heavy atom. The van der Waals surface area contributed by atoms with Gasteiger partial charge in [0.1, 0.15) is 0 Å². The second kappa shape index (κ2) is 6.38. The lowest BCUT2D eigenvalue weighted by Crippen LogP contribution is -2.39. The predicted molar refractivity (Wildman–Crippen MR) is 85.7 cm³/mol. The summed E-state index contributed by atoms with van der Waals surface area (Å²) in [5.41, 5.74) is 6.32. The Kier molecular flexibility index (Phi) is 4.32. The normalized spacial score (nSPS) is 22.0. The van der Waals surface area contributed by atoms with E-state index in [1.165, 1.54) is 25.7 Å². The van der Waals surface area contributed by atoms with Crippen LogP contribution in [0.4, 0.5) is 10.5 Å². The Hall–Kier alpha value is -2.04. The summed E-state index contributed by atoms with van der Waals surface area (Å²) in [6, 6.07) is 6.80. The van der Waals surface area contributed by atoms with Crippen LogP contribution in [0.15, 0.2) is 24.3 Å². The lowest BCUT2D eigenvalue weighted by molar-refractivity contribution is 0.0689. The van der Waals surface area contributed by atoms with Crippen molar-refractivity contribution < 1.29 is 9.59 Å². The average Bonchev–Trinajstić information content (AvgIpc) is 3.16. The van der Waals surface area contributed by atoms with E-state index < -0.39 is 6.03 Å². The van der Waals surface area contributed by atoms with Gasteiger partial charge in [-0.1, -0.05) is 18.9 Å². The third kappa shape index (κ3) is 3.08. The molecule has 3 N–H and O–H groups in total. The van der Waals surface area contributed by atoms with Crippen LogP contribution in [-0.2, 0) is 0 Å². The van der Waals surface area contributed by atoms with Crippen LogP contribution in [0.25, 0.3) is 0 Å². The van der Waals surface area contributed by atoms with Gasteiger partial charge in [0, 0.05) is 23.8 Å². The van der Waals surface area contributed by atoms with Crippen LogP contribution in [0, 0.1) is 5.92 Å². The molecule has 1 aliphatic carbocycles. The number of urea groups is 1. The number of carbonyl (C=O) groups is 2. The van der Waals surface area contributed by atoms with Crippen molar-refractivity contribution in [2.75, 3.05) is 11.9 Å². The highest BCUT2D eigenvalue weighted by molar-refractivity contribution is 5.97. The Morgan fingerprint density at radius 1 is 1.14 bits per heavy atom. The summed E-state index contributed by atoms with van der Waals surface area (Å²) in [5, 5.41) is 2.53. The molecule has 2 fully saturated rings. The molecule has 5 heteroatoms. The van der Waals surface area contributed by atoms with E-state index in [1.807, 2.05) is 4.90 Å². The van der Waals surface area contributed by atoms with Gasteiger partial charge in [0.05, 0.1) is 0 Å². The zero-order chi connectivity index (χ0) is 15.5. The number of likely N-dealkylation sites (tertiary alicyclic amines) is 1. The summed E-state index contributed by atoms with van der Waals surface area (Å²) in [6.07, 6.45) is 7.29. The summed E-state index contributed by atoms with van der Waals surface area (Å²) in [6.45, 7) is 0.841. The first-order valence-electron chi connectivity index (χ1n) is 8.12. The Balaban J connectivity index is 1.76. The molecule has 3 amide bonds. The highest BCUT2D eigenvalue weighted by Gasteiger charge is 2.36. The second-order valence-corrected chi connectivity index (χ2v) is 6.32. The largest absolute Gasteiger partial charge is 0.351 e. The number of nitrogens with one attached hydrogen (secondary N) is 1. The second-order valence-electron chi connectivity index (χ2n) is 6.32. The molecule has 0 bridgehead atoms. The first-order chi connectivity index (χ1) is 10.6. The topological polar surface area (TPSA) is 75.4 Å². The van der Waals surface area contributed by atoms with E-state index in [0.29, 0.717) is 23.2 Å². The number of nitrogens with two attached hydrogens (primary N) is 1.